The van der Waals surface area contributed by atoms with Crippen LogP contribution in [-0.2, 0) is 0 Å². The minimum absolute atomic E-state index is 0.565. The second-order valence-corrected chi connectivity index (χ2v) is 2.67. The molecule has 0 spiro atoms. The highest BCUT2D eigenvalue weighted by Crippen LogP contribution is 2.25. The summed E-state index contributed by atoms with van der Waals surface area (Å²) in [7, 11) is 1.54. The fourth-order valence-corrected chi connectivity index (χ4v) is 1.25. The Bertz CT molecular complexity index is 476. The third kappa shape index (κ3) is 1.28. The predicted octanol–water partition coefficient (Wildman–Crippen LogP) is 1.64. The van der Waals surface area contributed by atoms with E-state index in [0.717, 1.165) is 0 Å². The highest BCUT2D eigenvalue weighted by atomic mass is 16.5. The van der Waals surface area contributed by atoms with Gasteiger partial charge < -0.3 is 14.4 Å². The third-order valence-electron chi connectivity index (χ3n) is 1.85. The minimum Gasteiger partial charge on any atom is -0.493 e. The molecule has 0 aliphatic carbocycles. The van der Waals surface area contributed by atoms with Crippen molar-refractivity contribution in [2.45, 2.75) is 0 Å². The molecule has 1 aromatic heterocycles. The lowest BCUT2D eigenvalue weighted by Gasteiger charge is -2.00. The molecule has 0 fully saturated rings. The quantitative estimate of drug-likeness (QED) is 0.446. The number of benzene rings is 1. The van der Waals surface area contributed by atoms with Gasteiger partial charge in [0.25, 0.3) is 0 Å². The second kappa shape index (κ2) is 3.37. The fourth-order valence-electron chi connectivity index (χ4n) is 1.25. The van der Waals surface area contributed by atoms with Crippen molar-refractivity contribution in [3.63, 3.8) is 0 Å². The highest BCUT2D eigenvalue weighted by molar-refractivity contribution is 5.89. The molecule has 5 heteroatoms. The van der Waals surface area contributed by atoms with Crippen molar-refractivity contribution in [2.75, 3.05) is 7.11 Å². The fraction of sp³-hybridized carbons (Fsp3) is 0.111. The number of oxazole rings is 1. The number of ether oxygens (including phenoxy) is 1. The van der Waals surface area contributed by atoms with Crippen LogP contribution in [-0.4, -0.2) is 23.5 Å². The zero-order valence-electron chi connectivity index (χ0n) is 7.47. The van der Waals surface area contributed by atoms with Crippen molar-refractivity contribution in [1.82, 2.24) is 4.98 Å². The summed E-state index contributed by atoms with van der Waals surface area (Å²) < 4.78 is 10.2. The molecular formula is C9H8N2O3. The Morgan fingerprint density at radius 3 is 3.14 bits per heavy atom. The van der Waals surface area contributed by atoms with E-state index in [1.165, 1.54) is 19.7 Å². The van der Waals surface area contributed by atoms with Gasteiger partial charge in [-0.3, -0.25) is 0 Å². The summed E-state index contributed by atoms with van der Waals surface area (Å²) in [5, 5.41) is 11.3. The lowest BCUT2D eigenvalue weighted by atomic mass is 10.2. The van der Waals surface area contributed by atoms with Crippen LogP contribution in [0.5, 0.6) is 5.75 Å². The van der Waals surface area contributed by atoms with E-state index in [4.69, 9.17) is 14.4 Å². The van der Waals surface area contributed by atoms with Crippen LogP contribution in [0, 0.1) is 0 Å². The highest BCUT2D eigenvalue weighted by Gasteiger charge is 2.07. The first-order chi connectivity index (χ1) is 6.85. The summed E-state index contributed by atoms with van der Waals surface area (Å²) in [5.74, 6) is 0.565. The monoisotopic (exact) mass is 192 g/mol. The SMILES string of the molecule is COc1cc(/C=N\O)cc2ncoc12. The van der Waals surface area contributed by atoms with Gasteiger partial charge in [0.15, 0.2) is 17.7 Å². The molecule has 0 unspecified atom stereocenters. The lowest BCUT2D eigenvalue weighted by molar-refractivity contribution is 0.322. The number of oxime groups is 1. The zero-order chi connectivity index (χ0) is 9.97. The molecule has 2 aromatic rings. The normalized spacial score (nSPS) is 11.2. The van der Waals surface area contributed by atoms with E-state index in [0.29, 0.717) is 22.4 Å². The van der Waals surface area contributed by atoms with Crippen molar-refractivity contribution < 1.29 is 14.4 Å². The average molecular weight is 192 g/mol. The van der Waals surface area contributed by atoms with E-state index in [9.17, 15) is 0 Å². The smallest absolute Gasteiger partial charge is 0.196 e. The number of rotatable bonds is 2. The maximum absolute atomic E-state index is 8.39. The lowest BCUT2D eigenvalue weighted by Crippen LogP contribution is -1.87. The molecule has 0 bridgehead atoms. The van der Waals surface area contributed by atoms with Gasteiger partial charge >= 0.3 is 0 Å². The summed E-state index contributed by atoms with van der Waals surface area (Å²) in [6.45, 7) is 0. The average Bonchev–Trinajstić information content (AvgIpc) is 2.65. The molecule has 0 saturated carbocycles. The van der Waals surface area contributed by atoms with Gasteiger partial charge in [0.05, 0.1) is 13.3 Å². The van der Waals surface area contributed by atoms with Crippen LogP contribution in [0.25, 0.3) is 11.1 Å². The molecule has 2 rings (SSSR count). The minimum atomic E-state index is 0.565. The summed E-state index contributed by atoms with van der Waals surface area (Å²) in [4.78, 5) is 3.98. The number of hydrogen-bond acceptors (Lipinski definition) is 5. The Hall–Kier alpha value is -2.04. The Kier molecular flexibility index (Phi) is 2.06. The number of methoxy groups -OCH3 is 1. The van der Waals surface area contributed by atoms with Gasteiger partial charge in [-0.1, -0.05) is 5.16 Å². The predicted molar refractivity (Wildman–Crippen MR) is 49.9 cm³/mol. The van der Waals surface area contributed by atoms with E-state index in [-0.39, 0.29) is 0 Å². The van der Waals surface area contributed by atoms with Crippen molar-refractivity contribution in [2.24, 2.45) is 5.16 Å². The molecule has 0 amide bonds. The van der Waals surface area contributed by atoms with E-state index < -0.39 is 0 Å². The van der Waals surface area contributed by atoms with Crippen molar-refractivity contribution >= 4 is 17.3 Å². The number of hydrogen-bond donors (Lipinski definition) is 1. The first kappa shape index (κ1) is 8.55. The summed E-state index contributed by atoms with van der Waals surface area (Å²) in [6, 6.07) is 3.44. The van der Waals surface area contributed by atoms with Crippen molar-refractivity contribution in [3.05, 3.63) is 24.1 Å². The zero-order valence-corrected chi connectivity index (χ0v) is 7.47. The molecule has 14 heavy (non-hydrogen) atoms. The van der Waals surface area contributed by atoms with Crippen LogP contribution in [0.3, 0.4) is 0 Å². The molecule has 1 aromatic carbocycles. The van der Waals surface area contributed by atoms with Crippen LogP contribution in [0.1, 0.15) is 5.56 Å². The molecule has 0 aliphatic heterocycles. The van der Waals surface area contributed by atoms with Gasteiger partial charge in [-0.05, 0) is 12.1 Å². The summed E-state index contributed by atoms with van der Waals surface area (Å²) in [5.41, 5.74) is 1.95. The number of nitrogens with zero attached hydrogens (tertiary/aromatic N) is 2. The Balaban J connectivity index is 2.67. The topological polar surface area (TPSA) is 67.8 Å². The van der Waals surface area contributed by atoms with Crippen LogP contribution in [0.4, 0.5) is 0 Å². The van der Waals surface area contributed by atoms with Crippen LogP contribution in [0.15, 0.2) is 28.1 Å². The molecule has 0 radical (unpaired) electrons. The molecule has 72 valence electrons. The number of fused-ring (bicyclic) bond motifs is 1. The molecule has 0 atom stereocenters. The maximum Gasteiger partial charge on any atom is 0.196 e. The van der Waals surface area contributed by atoms with Crippen molar-refractivity contribution in [1.29, 1.82) is 0 Å². The standard InChI is InChI=1S/C9H8N2O3/c1-13-8-3-6(4-11-12)2-7-9(8)14-5-10-7/h2-5,12H,1H3/b11-4-. The van der Waals surface area contributed by atoms with Gasteiger partial charge in [0.1, 0.15) is 5.52 Å². The first-order valence-corrected chi connectivity index (χ1v) is 3.94. The first-order valence-electron chi connectivity index (χ1n) is 3.94. The molecule has 5 nitrogen and oxygen atoms in total. The van der Waals surface area contributed by atoms with Gasteiger partial charge in [0.2, 0.25) is 0 Å². The van der Waals surface area contributed by atoms with Gasteiger partial charge in [0, 0.05) is 5.56 Å². The van der Waals surface area contributed by atoms with Crippen LogP contribution in [0.2, 0.25) is 0 Å². The maximum atomic E-state index is 8.39. The van der Waals surface area contributed by atoms with Crippen LogP contribution < -0.4 is 4.74 Å². The molecule has 0 saturated heterocycles. The van der Waals surface area contributed by atoms with Gasteiger partial charge in [-0.2, -0.15) is 0 Å². The number of aromatic nitrogens is 1. The van der Waals surface area contributed by atoms with E-state index in [1.807, 2.05) is 0 Å². The van der Waals surface area contributed by atoms with Crippen LogP contribution >= 0.6 is 0 Å². The van der Waals surface area contributed by atoms with Gasteiger partial charge in [-0.15, -0.1) is 0 Å². The molecular weight excluding hydrogens is 184 g/mol. The molecule has 0 aliphatic rings. The second-order valence-electron chi connectivity index (χ2n) is 2.67. The van der Waals surface area contributed by atoms with E-state index in [1.54, 1.807) is 12.1 Å². The third-order valence-corrected chi connectivity index (χ3v) is 1.85. The Labute approximate surface area is 79.6 Å². The summed E-state index contributed by atoms with van der Waals surface area (Å²) >= 11 is 0. The molecule has 1 N–H and O–H groups in total. The summed E-state index contributed by atoms with van der Waals surface area (Å²) in [6.07, 6.45) is 2.64. The molecule has 1 heterocycles. The Morgan fingerprint density at radius 1 is 1.57 bits per heavy atom. The van der Waals surface area contributed by atoms with E-state index in [2.05, 4.69) is 10.1 Å². The van der Waals surface area contributed by atoms with E-state index >= 15 is 0 Å². The van der Waals surface area contributed by atoms with Crippen molar-refractivity contribution in [3.8, 4) is 5.75 Å². The largest absolute Gasteiger partial charge is 0.493 e. The Morgan fingerprint density at radius 2 is 2.43 bits per heavy atom. The van der Waals surface area contributed by atoms with Gasteiger partial charge in [-0.25, -0.2) is 4.98 Å².